The van der Waals surface area contributed by atoms with Crippen molar-refractivity contribution in [3.05, 3.63) is 0 Å². The minimum absolute atomic E-state index is 0.0297. The number of hydrogen-bond acceptors (Lipinski definition) is 3. The molecule has 0 radical (unpaired) electrons. The van der Waals surface area contributed by atoms with Crippen LogP contribution in [0.1, 0.15) is 44.9 Å². The summed E-state index contributed by atoms with van der Waals surface area (Å²) < 4.78 is 0. The van der Waals surface area contributed by atoms with E-state index in [9.17, 15) is 4.79 Å². The Kier molecular flexibility index (Phi) is 5.38. The monoisotopic (exact) mass is 303 g/mol. The Morgan fingerprint density at radius 2 is 1.77 bits per heavy atom. The largest absolute Gasteiger partial charge is 0.340 e. The van der Waals surface area contributed by atoms with Crippen LogP contribution in [-0.2, 0) is 4.79 Å². The first-order valence-electron chi connectivity index (χ1n) is 9.00. The molecule has 0 N–H and O–H groups in total. The van der Waals surface area contributed by atoms with Crippen molar-refractivity contribution in [2.75, 3.05) is 39.3 Å². The third-order valence-electron chi connectivity index (χ3n) is 5.56. The van der Waals surface area contributed by atoms with Crippen molar-refractivity contribution in [3.63, 3.8) is 0 Å². The molecule has 0 aromatic carbocycles. The number of carbonyl (C=O) groups is 1. The van der Waals surface area contributed by atoms with Gasteiger partial charge in [0.25, 0.3) is 0 Å². The van der Waals surface area contributed by atoms with Crippen molar-refractivity contribution in [3.8, 4) is 12.3 Å². The fraction of sp³-hybridized carbons (Fsp3) is 0.833. The van der Waals surface area contributed by atoms with Gasteiger partial charge in [-0.1, -0.05) is 12.3 Å². The molecule has 3 saturated heterocycles. The lowest BCUT2D eigenvalue weighted by molar-refractivity contribution is -0.140. The quantitative estimate of drug-likeness (QED) is 0.740. The number of rotatable bonds is 3. The lowest BCUT2D eigenvalue weighted by atomic mass is 9.98. The summed E-state index contributed by atoms with van der Waals surface area (Å²) in [6.07, 6.45) is 13.8. The zero-order valence-corrected chi connectivity index (χ0v) is 13.7. The molecular weight excluding hydrogens is 274 g/mol. The molecule has 1 amide bonds. The second-order valence-corrected chi connectivity index (χ2v) is 7.01. The highest BCUT2D eigenvalue weighted by Crippen LogP contribution is 2.24. The first-order chi connectivity index (χ1) is 10.8. The van der Waals surface area contributed by atoms with Crippen molar-refractivity contribution < 1.29 is 4.79 Å². The summed E-state index contributed by atoms with van der Waals surface area (Å²) in [5, 5.41) is 0. The van der Waals surface area contributed by atoms with Crippen LogP contribution in [0.5, 0.6) is 0 Å². The molecule has 0 unspecified atom stereocenters. The van der Waals surface area contributed by atoms with Gasteiger partial charge >= 0.3 is 0 Å². The molecule has 0 spiro atoms. The Bertz CT molecular complexity index is 425. The number of piperidine rings is 2. The van der Waals surface area contributed by atoms with Crippen LogP contribution in [0.4, 0.5) is 0 Å². The zero-order chi connectivity index (χ0) is 15.4. The summed E-state index contributed by atoms with van der Waals surface area (Å²) in [6.45, 7) is 5.89. The van der Waals surface area contributed by atoms with E-state index in [-0.39, 0.29) is 6.04 Å². The molecule has 0 aromatic rings. The number of carbonyl (C=O) groups excluding carboxylic acids is 1. The summed E-state index contributed by atoms with van der Waals surface area (Å²) in [6, 6.07) is 0.618. The maximum Gasteiger partial charge on any atom is 0.240 e. The van der Waals surface area contributed by atoms with Gasteiger partial charge in [0, 0.05) is 19.1 Å². The fourth-order valence-corrected chi connectivity index (χ4v) is 4.35. The number of nitrogens with zero attached hydrogens (tertiary/aromatic N) is 3. The van der Waals surface area contributed by atoms with Crippen molar-refractivity contribution in [1.29, 1.82) is 0 Å². The molecule has 0 aliphatic carbocycles. The third-order valence-corrected chi connectivity index (χ3v) is 5.56. The summed E-state index contributed by atoms with van der Waals surface area (Å²) in [4.78, 5) is 19.9. The van der Waals surface area contributed by atoms with Crippen LogP contribution in [0.25, 0.3) is 0 Å². The Morgan fingerprint density at radius 1 is 1.00 bits per heavy atom. The average molecular weight is 303 g/mol. The Hall–Kier alpha value is -1.05. The highest BCUT2D eigenvalue weighted by Gasteiger charge is 2.35. The van der Waals surface area contributed by atoms with Gasteiger partial charge in [0.15, 0.2) is 0 Å². The number of hydrogen-bond donors (Lipinski definition) is 0. The SMILES string of the molecule is C#CCN1CCCC[C@@H]1C(=O)N1CCC[C@@H](N2CCCC2)C1. The molecule has 2 atom stereocenters. The standard InChI is InChI=1S/C18H29N3O/c1-2-10-20-13-4-3-9-17(20)18(22)21-14-7-8-16(15-21)19-11-5-6-12-19/h1,16-17H,3-15H2/t16-,17-/m1/s1. The van der Waals surface area contributed by atoms with E-state index in [4.69, 9.17) is 6.42 Å². The fourth-order valence-electron chi connectivity index (χ4n) is 4.35. The van der Waals surface area contributed by atoms with E-state index < -0.39 is 0 Å². The smallest absolute Gasteiger partial charge is 0.240 e. The molecule has 4 nitrogen and oxygen atoms in total. The first-order valence-corrected chi connectivity index (χ1v) is 9.00. The molecule has 3 fully saturated rings. The van der Waals surface area contributed by atoms with Crippen LogP contribution >= 0.6 is 0 Å². The summed E-state index contributed by atoms with van der Waals surface area (Å²) in [5.74, 6) is 3.06. The average Bonchev–Trinajstić information content (AvgIpc) is 3.10. The van der Waals surface area contributed by atoms with Crippen LogP contribution in [0.15, 0.2) is 0 Å². The predicted octanol–water partition coefficient (Wildman–Crippen LogP) is 1.56. The highest BCUT2D eigenvalue weighted by atomic mass is 16.2. The van der Waals surface area contributed by atoms with Crippen molar-refractivity contribution >= 4 is 5.91 Å². The second-order valence-electron chi connectivity index (χ2n) is 7.01. The molecule has 3 heterocycles. The summed E-state index contributed by atoms with van der Waals surface area (Å²) >= 11 is 0. The van der Waals surface area contributed by atoms with Crippen molar-refractivity contribution in [1.82, 2.24) is 14.7 Å². The molecule has 4 heteroatoms. The van der Waals surface area contributed by atoms with E-state index in [0.717, 1.165) is 38.9 Å². The van der Waals surface area contributed by atoms with Gasteiger partial charge in [-0.25, -0.2) is 0 Å². The van der Waals surface area contributed by atoms with E-state index in [1.54, 1.807) is 0 Å². The summed E-state index contributed by atoms with van der Waals surface area (Å²) in [7, 11) is 0. The molecule has 0 bridgehead atoms. The second kappa shape index (κ2) is 7.48. The van der Waals surface area contributed by atoms with Gasteiger partial charge in [0.1, 0.15) is 0 Å². The maximum absolute atomic E-state index is 13.0. The topological polar surface area (TPSA) is 26.8 Å². The normalized spacial score (nSPS) is 31.1. The molecular formula is C18H29N3O. The molecule has 3 aliphatic rings. The van der Waals surface area contributed by atoms with E-state index >= 15 is 0 Å². The highest BCUT2D eigenvalue weighted by molar-refractivity contribution is 5.82. The minimum atomic E-state index is 0.0297. The molecule has 0 aromatic heterocycles. The van der Waals surface area contributed by atoms with E-state index in [0.29, 0.717) is 18.5 Å². The van der Waals surface area contributed by atoms with E-state index in [1.807, 2.05) is 0 Å². The molecule has 0 saturated carbocycles. The van der Waals surface area contributed by atoms with Gasteiger partial charge < -0.3 is 4.90 Å². The maximum atomic E-state index is 13.0. The Balaban J connectivity index is 1.61. The third kappa shape index (κ3) is 3.47. The van der Waals surface area contributed by atoms with E-state index in [1.165, 1.54) is 38.8 Å². The van der Waals surface area contributed by atoms with Gasteiger partial charge in [-0.2, -0.15) is 0 Å². The Morgan fingerprint density at radius 3 is 2.55 bits per heavy atom. The molecule has 3 aliphatic heterocycles. The van der Waals surface area contributed by atoms with Crippen LogP contribution in [0.3, 0.4) is 0 Å². The molecule has 3 rings (SSSR count). The van der Waals surface area contributed by atoms with Crippen LogP contribution in [0.2, 0.25) is 0 Å². The molecule has 22 heavy (non-hydrogen) atoms. The zero-order valence-electron chi connectivity index (χ0n) is 13.7. The minimum Gasteiger partial charge on any atom is -0.340 e. The molecule has 122 valence electrons. The van der Waals surface area contributed by atoms with E-state index in [2.05, 4.69) is 20.6 Å². The number of likely N-dealkylation sites (tertiary alicyclic amines) is 3. The number of amides is 1. The van der Waals surface area contributed by atoms with Gasteiger partial charge in [-0.15, -0.1) is 6.42 Å². The predicted molar refractivity (Wildman–Crippen MR) is 88.5 cm³/mol. The van der Waals surface area contributed by atoms with Crippen LogP contribution in [-0.4, -0.2) is 72.0 Å². The lowest BCUT2D eigenvalue weighted by Crippen LogP contribution is -2.55. The van der Waals surface area contributed by atoms with Crippen LogP contribution in [0, 0.1) is 12.3 Å². The summed E-state index contributed by atoms with van der Waals surface area (Å²) in [5.41, 5.74) is 0. The van der Waals surface area contributed by atoms with Gasteiger partial charge in [-0.05, 0) is 58.2 Å². The van der Waals surface area contributed by atoms with Crippen molar-refractivity contribution in [2.45, 2.75) is 57.0 Å². The number of terminal acetylenes is 1. The van der Waals surface area contributed by atoms with Crippen LogP contribution < -0.4 is 0 Å². The van der Waals surface area contributed by atoms with Gasteiger partial charge in [-0.3, -0.25) is 14.6 Å². The Labute approximate surface area is 134 Å². The van der Waals surface area contributed by atoms with Crippen molar-refractivity contribution in [2.24, 2.45) is 0 Å². The first kappa shape index (κ1) is 15.8. The van der Waals surface area contributed by atoms with Gasteiger partial charge in [0.05, 0.1) is 12.6 Å². The lowest BCUT2D eigenvalue weighted by Gasteiger charge is -2.41. The van der Waals surface area contributed by atoms with Gasteiger partial charge in [0.2, 0.25) is 5.91 Å².